The Kier molecular flexibility index (Phi) is 5.17. The summed E-state index contributed by atoms with van der Waals surface area (Å²) in [5, 5.41) is 3.12. The van der Waals surface area contributed by atoms with Crippen molar-refractivity contribution in [3.05, 3.63) is 0 Å². The van der Waals surface area contributed by atoms with Crippen molar-refractivity contribution in [2.24, 2.45) is 0 Å². The van der Waals surface area contributed by atoms with Crippen molar-refractivity contribution in [2.45, 2.75) is 39.2 Å². The second-order valence-electron chi connectivity index (χ2n) is 5.38. The molecule has 0 bridgehead atoms. The zero-order valence-electron chi connectivity index (χ0n) is 13.3. The van der Waals surface area contributed by atoms with E-state index in [1.54, 1.807) is 7.11 Å². The predicted octanol–water partition coefficient (Wildman–Crippen LogP) is 1.71. The van der Waals surface area contributed by atoms with Gasteiger partial charge in [0.25, 0.3) is 0 Å². The Morgan fingerprint density at radius 2 is 2.10 bits per heavy atom. The molecule has 0 aromatic carbocycles. The number of nitrogens with zero attached hydrogens (tertiary/aromatic N) is 4. The van der Waals surface area contributed by atoms with Crippen LogP contribution >= 0.6 is 0 Å². The summed E-state index contributed by atoms with van der Waals surface area (Å²) in [4.78, 5) is 15.3. The molecule has 1 aromatic rings. The van der Waals surface area contributed by atoms with E-state index in [0.29, 0.717) is 24.5 Å². The van der Waals surface area contributed by atoms with Crippen LogP contribution in [0.2, 0.25) is 0 Å². The smallest absolute Gasteiger partial charge is 0.323 e. The Bertz CT molecular complexity index is 446. The number of hydrogen-bond donors (Lipinski definition) is 1. The summed E-state index contributed by atoms with van der Waals surface area (Å²) in [6.45, 7) is 9.02. The molecule has 2 heterocycles. The van der Waals surface area contributed by atoms with E-state index in [1.165, 1.54) is 0 Å². The van der Waals surface area contributed by atoms with Gasteiger partial charge < -0.3 is 19.7 Å². The molecule has 1 aliphatic heterocycles. The monoisotopic (exact) mass is 295 g/mol. The lowest BCUT2D eigenvalue weighted by Gasteiger charge is -2.39. The third-order valence-electron chi connectivity index (χ3n) is 3.65. The fraction of sp³-hybridized carbons (Fsp3) is 0.786. The summed E-state index contributed by atoms with van der Waals surface area (Å²) in [6, 6.07) is 0.364. The van der Waals surface area contributed by atoms with E-state index in [1.807, 2.05) is 13.8 Å². The van der Waals surface area contributed by atoms with Gasteiger partial charge in [0, 0.05) is 26.7 Å². The molecule has 21 heavy (non-hydrogen) atoms. The van der Waals surface area contributed by atoms with Crippen molar-refractivity contribution in [1.29, 1.82) is 0 Å². The molecule has 118 valence electrons. The maximum absolute atomic E-state index is 5.63. The molecule has 1 N–H and O–H groups in total. The van der Waals surface area contributed by atoms with Gasteiger partial charge in [0.15, 0.2) is 0 Å². The lowest BCUT2D eigenvalue weighted by molar-refractivity contribution is -0.00502. The van der Waals surface area contributed by atoms with Gasteiger partial charge in [-0.3, -0.25) is 0 Å². The number of hydrogen-bond acceptors (Lipinski definition) is 7. The molecular formula is C14H25N5O2. The average Bonchev–Trinajstić information content (AvgIpc) is 2.48. The van der Waals surface area contributed by atoms with Crippen LogP contribution in [-0.2, 0) is 4.74 Å². The minimum absolute atomic E-state index is 0.158. The number of rotatable bonds is 6. The van der Waals surface area contributed by atoms with Gasteiger partial charge in [0.2, 0.25) is 11.9 Å². The average molecular weight is 295 g/mol. The lowest BCUT2D eigenvalue weighted by atomic mass is 9.95. The largest absolute Gasteiger partial charge is 0.464 e. The molecule has 0 saturated carbocycles. The Hall–Kier alpha value is -1.63. The molecule has 0 spiro atoms. The van der Waals surface area contributed by atoms with E-state index in [9.17, 15) is 0 Å². The standard InChI is InChI=1S/C14H25N5O2/c1-5-15-11-16-12(18-13(17-11)21-6-2)19-9-7-8-14(3,10-19)20-4/h5-10H2,1-4H3,(H,15,16,17,18). The summed E-state index contributed by atoms with van der Waals surface area (Å²) in [7, 11) is 1.76. The van der Waals surface area contributed by atoms with Crippen molar-refractivity contribution in [1.82, 2.24) is 15.0 Å². The second-order valence-corrected chi connectivity index (χ2v) is 5.38. The predicted molar refractivity (Wildman–Crippen MR) is 82.0 cm³/mol. The molecule has 0 radical (unpaired) electrons. The maximum Gasteiger partial charge on any atom is 0.323 e. The SMILES string of the molecule is CCNc1nc(OCC)nc(N2CCCC(C)(OC)C2)n1. The van der Waals surface area contributed by atoms with Gasteiger partial charge in [-0.1, -0.05) is 0 Å². The number of nitrogens with one attached hydrogen (secondary N) is 1. The number of piperidine rings is 1. The van der Waals surface area contributed by atoms with Gasteiger partial charge in [0.05, 0.1) is 12.2 Å². The molecule has 1 atom stereocenters. The van der Waals surface area contributed by atoms with Gasteiger partial charge in [-0.15, -0.1) is 0 Å². The summed E-state index contributed by atoms with van der Waals surface area (Å²) in [5.74, 6) is 1.20. The van der Waals surface area contributed by atoms with Crippen molar-refractivity contribution in [3.8, 4) is 6.01 Å². The summed E-state index contributed by atoms with van der Waals surface area (Å²) < 4.78 is 11.1. The van der Waals surface area contributed by atoms with Crippen molar-refractivity contribution in [2.75, 3.05) is 43.6 Å². The molecule has 7 heteroatoms. The third kappa shape index (κ3) is 3.93. The Morgan fingerprint density at radius 1 is 1.29 bits per heavy atom. The molecule has 1 fully saturated rings. The van der Waals surface area contributed by atoms with Crippen molar-refractivity contribution in [3.63, 3.8) is 0 Å². The molecule has 0 aliphatic carbocycles. The highest BCUT2D eigenvalue weighted by Crippen LogP contribution is 2.27. The van der Waals surface area contributed by atoms with E-state index in [4.69, 9.17) is 9.47 Å². The number of ether oxygens (including phenoxy) is 2. The lowest BCUT2D eigenvalue weighted by Crippen LogP contribution is -2.48. The van der Waals surface area contributed by atoms with Gasteiger partial charge >= 0.3 is 6.01 Å². The van der Waals surface area contributed by atoms with Crippen LogP contribution < -0.4 is 15.0 Å². The Balaban J connectivity index is 2.24. The zero-order valence-corrected chi connectivity index (χ0v) is 13.3. The van der Waals surface area contributed by atoms with E-state index in [0.717, 1.165) is 32.5 Å². The van der Waals surface area contributed by atoms with Crippen LogP contribution in [0.1, 0.15) is 33.6 Å². The van der Waals surface area contributed by atoms with Crippen LogP contribution in [0.15, 0.2) is 0 Å². The van der Waals surface area contributed by atoms with Crippen molar-refractivity contribution >= 4 is 11.9 Å². The highest BCUT2D eigenvalue weighted by Gasteiger charge is 2.32. The first-order chi connectivity index (χ1) is 10.1. The second kappa shape index (κ2) is 6.89. The minimum Gasteiger partial charge on any atom is -0.464 e. The number of aromatic nitrogens is 3. The van der Waals surface area contributed by atoms with Crippen LogP contribution in [0, 0.1) is 0 Å². The molecular weight excluding hydrogens is 270 g/mol. The third-order valence-corrected chi connectivity index (χ3v) is 3.65. The van der Waals surface area contributed by atoms with E-state index in [-0.39, 0.29) is 5.60 Å². The van der Waals surface area contributed by atoms with Crippen LogP contribution in [0.4, 0.5) is 11.9 Å². The van der Waals surface area contributed by atoms with Crippen LogP contribution in [0.25, 0.3) is 0 Å². The van der Waals surface area contributed by atoms with Gasteiger partial charge in [-0.05, 0) is 33.6 Å². The van der Waals surface area contributed by atoms with Gasteiger partial charge in [0.1, 0.15) is 0 Å². The molecule has 2 rings (SSSR count). The number of anilines is 2. The quantitative estimate of drug-likeness (QED) is 0.856. The van der Waals surface area contributed by atoms with Gasteiger partial charge in [-0.25, -0.2) is 0 Å². The summed E-state index contributed by atoms with van der Waals surface area (Å²) in [5.41, 5.74) is -0.158. The zero-order chi connectivity index (χ0) is 15.3. The van der Waals surface area contributed by atoms with E-state index in [2.05, 4.69) is 32.1 Å². The minimum atomic E-state index is -0.158. The molecule has 0 amide bonds. The number of methoxy groups -OCH3 is 1. The topological polar surface area (TPSA) is 72.4 Å². The molecule has 1 aliphatic rings. The first kappa shape index (κ1) is 15.8. The summed E-state index contributed by atoms with van der Waals surface area (Å²) in [6.07, 6.45) is 2.10. The van der Waals surface area contributed by atoms with Crippen LogP contribution in [-0.4, -0.2) is 53.9 Å². The fourth-order valence-corrected chi connectivity index (χ4v) is 2.46. The first-order valence-corrected chi connectivity index (χ1v) is 7.53. The van der Waals surface area contributed by atoms with Crippen LogP contribution in [0.3, 0.4) is 0 Å². The van der Waals surface area contributed by atoms with E-state index < -0.39 is 0 Å². The Morgan fingerprint density at radius 3 is 2.76 bits per heavy atom. The fourth-order valence-electron chi connectivity index (χ4n) is 2.46. The van der Waals surface area contributed by atoms with Gasteiger partial charge in [-0.2, -0.15) is 15.0 Å². The molecule has 1 unspecified atom stereocenters. The first-order valence-electron chi connectivity index (χ1n) is 7.53. The molecule has 7 nitrogen and oxygen atoms in total. The van der Waals surface area contributed by atoms with Crippen LogP contribution in [0.5, 0.6) is 6.01 Å². The van der Waals surface area contributed by atoms with Crippen molar-refractivity contribution < 1.29 is 9.47 Å². The van der Waals surface area contributed by atoms with E-state index >= 15 is 0 Å². The molecule has 1 saturated heterocycles. The molecule has 1 aromatic heterocycles. The normalized spacial score (nSPS) is 22.2. The Labute approximate surface area is 126 Å². The summed E-state index contributed by atoms with van der Waals surface area (Å²) >= 11 is 0. The maximum atomic E-state index is 5.63. The highest BCUT2D eigenvalue weighted by atomic mass is 16.5. The highest BCUT2D eigenvalue weighted by molar-refractivity contribution is 5.39.